The molecular formula is C6H9ClN2O. The van der Waals surface area contributed by atoms with Crippen molar-refractivity contribution < 1.29 is 4.63 Å². The van der Waals surface area contributed by atoms with Crippen molar-refractivity contribution >= 4 is 11.6 Å². The second-order valence-corrected chi connectivity index (χ2v) is 3.51. The van der Waals surface area contributed by atoms with Crippen LogP contribution in [0.15, 0.2) is 4.63 Å². The highest BCUT2D eigenvalue weighted by atomic mass is 35.5. The topological polar surface area (TPSA) is 38.9 Å². The van der Waals surface area contributed by atoms with Gasteiger partial charge in [0.2, 0.25) is 0 Å². The molecule has 1 rings (SSSR count). The monoisotopic (exact) mass is 160 g/mol. The molecule has 0 amide bonds. The van der Waals surface area contributed by atoms with Gasteiger partial charge < -0.3 is 0 Å². The van der Waals surface area contributed by atoms with Crippen LogP contribution in [0.25, 0.3) is 0 Å². The third-order valence-electron chi connectivity index (χ3n) is 1.16. The van der Waals surface area contributed by atoms with Gasteiger partial charge in [-0.3, -0.25) is 0 Å². The van der Waals surface area contributed by atoms with Gasteiger partial charge in [0, 0.05) is 5.41 Å². The summed E-state index contributed by atoms with van der Waals surface area (Å²) in [6.07, 6.45) is 0. The average Bonchev–Trinajstić information content (AvgIpc) is 2.11. The van der Waals surface area contributed by atoms with E-state index in [0.29, 0.717) is 10.8 Å². The fraction of sp³-hybridized carbons (Fsp3) is 0.667. The van der Waals surface area contributed by atoms with Crippen LogP contribution in [0.5, 0.6) is 0 Å². The summed E-state index contributed by atoms with van der Waals surface area (Å²) in [5.74, 6) is 0. The van der Waals surface area contributed by atoms with Crippen molar-refractivity contribution in [1.82, 2.24) is 10.3 Å². The SMILES string of the molecule is CC(C)(C)c1nonc1Cl. The van der Waals surface area contributed by atoms with Crippen molar-refractivity contribution in [2.45, 2.75) is 26.2 Å². The van der Waals surface area contributed by atoms with E-state index in [4.69, 9.17) is 11.6 Å². The summed E-state index contributed by atoms with van der Waals surface area (Å²) in [6.45, 7) is 6.00. The van der Waals surface area contributed by atoms with Crippen molar-refractivity contribution in [3.63, 3.8) is 0 Å². The molecule has 10 heavy (non-hydrogen) atoms. The molecule has 0 radical (unpaired) electrons. The molecule has 0 unspecified atom stereocenters. The Balaban J connectivity index is 3.05. The Morgan fingerprint density at radius 1 is 1.30 bits per heavy atom. The number of aromatic nitrogens is 2. The summed E-state index contributed by atoms with van der Waals surface area (Å²) < 4.78 is 4.44. The molecule has 0 aromatic carbocycles. The maximum Gasteiger partial charge on any atom is 0.197 e. The van der Waals surface area contributed by atoms with Crippen LogP contribution in [-0.2, 0) is 5.41 Å². The summed E-state index contributed by atoms with van der Waals surface area (Å²) in [5, 5.41) is 7.49. The first-order valence-electron chi connectivity index (χ1n) is 3.00. The molecule has 0 saturated carbocycles. The molecule has 1 aromatic heterocycles. The lowest BCUT2D eigenvalue weighted by Gasteiger charge is -2.12. The number of halogens is 1. The zero-order valence-corrected chi connectivity index (χ0v) is 6.94. The van der Waals surface area contributed by atoms with Crippen molar-refractivity contribution in [3.8, 4) is 0 Å². The minimum atomic E-state index is -0.0862. The molecule has 0 atom stereocenters. The molecule has 0 aliphatic carbocycles. The van der Waals surface area contributed by atoms with E-state index in [9.17, 15) is 0 Å². The Kier molecular flexibility index (Phi) is 1.68. The summed E-state index contributed by atoms with van der Waals surface area (Å²) in [6, 6.07) is 0. The van der Waals surface area contributed by atoms with Gasteiger partial charge in [-0.25, -0.2) is 4.63 Å². The lowest BCUT2D eigenvalue weighted by molar-refractivity contribution is 0.297. The van der Waals surface area contributed by atoms with Gasteiger partial charge >= 0.3 is 0 Å². The van der Waals surface area contributed by atoms with E-state index in [0.717, 1.165) is 0 Å². The number of nitrogens with zero attached hydrogens (tertiary/aromatic N) is 2. The maximum atomic E-state index is 5.66. The molecule has 1 heterocycles. The molecular weight excluding hydrogens is 152 g/mol. The zero-order valence-electron chi connectivity index (χ0n) is 6.18. The number of hydrogen-bond acceptors (Lipinski definition) is 3. The largest absolute Gasteiger partial charge is 0.243 e. The van der Waals surface area contributed by atoms with Gasteiger partial charge in [0.1, 0.15) is 5.69 Å². The predicted molar refractivity (Wildman–Crippen MR) is 38.0 cm³/mol. The molecule has 1 aromatic rings. The van der Waals surface area contributed by atoms with E-state index in [2.05, 4.69) is 14.9 Å². The van der Waals surface area contributed by atoms with E-state index >= 15 is 0 Å². The molecule has 56 valence electrons. The highest BCUT2D eigenvalue weighted by Crippen LogP contribution is 2.25. The van der Waals surface area contributed by atoms with E-state index < -0.39 is 0 Å². The van der Waals surface area contributed by atoms with Crippen molar-refractivity contribution in [2.75, 3.05) is 0 Å². The summed E-state index contributed by atoms with van der Waals surface area (Å²) in [4.78, 5) is 0. The van der Waals surface area contributed by atoms with Crippen LogP contribution in [0, 0.1) is 0 Å². The molecule has 0 saturated heterocycles. The van der Waals surface area contributed by atoms with E-state index in [1.165, 1.54) is 0 Å². The second kappa shape index (κ2) is 2.23. The molecule has 0 bridgehead atoms. The second-order valence-electron chi connectivity index (χ2n) is 3.15. The third-order valence-corrected chi connectivity index (χ3v) is 1.41. The molecule has 3 nitrogen and oxygen atoms in total. The smallest absolute Gasteiger partial charge is 0.197 e. The molecule has 0 aliphatic rings. The van der Waals surface area contributed by atoms with Gasteiger partial charge in [0.25, 0.3) is 0 Å². The Labute approximate surface area is 64.3 Å². The fourth-order valence-electron chi connectivity index (χ4n) is 0.624. The van der Waals surface area contributed by atoms with Gasteiger partial charge in [0.15, 0.2) is 5.15 Å². The van der Waals surface area contributed by atoms with E-state index in [-0.39, 0.29) is 5.41 Å². The van der Waals surface area contributed by atoms with Crippen molar-refractivity contribution in [2.24, 2.45) is 0 Å². The number of hydrogen-bond donors (Lipinski definition) is 0. The van der Waals surface area contributed by atoms with Gasteiger partial charge in [-0.15, -0.1) is 0 Å². The first-order chi connectivity index (χ1) is 4.52. The quantitative estimate of drug-likeness (QED) is 0.583. The normalized spacial score (nSPS) is 12.0. The van der Waals surface area contributed by atoms with Crippen LogP contribution in [0.3, 0.4) is 0 Å². The Morgan fingerprint density at radius 2 is 1.90 bits per heavy atom. The average molecular weight is 161 g/mol. The minimum Gasteiger partial charge on any atom is -0.243 e. The predicted octanol–water partition coefficient (Wildman–Crippen LogP) is 2.02. The highest BCUT2D eigenvalue weighted by molar-refractivity contribution is 6.30. The van der Waals surface area contributed by atoms with Crippen molar-refractivity contribution in [1.29, 1.82) is 0 Å². The van der Waals surface area contributed by atoms with Crippen LogP contribution >= 0.6 is 11.6 Å². The molecule has 0 spiro atoms. The van der Waals surface area contributed by atoms with Crippen LogP contribution in [0.2, 0.25) is 5.15 Å². The Hall–Kier alpha value is -0.570. The van der Waals surface area contributed by atoms with Crippen LogP contribution < -0.4 is 0 Å². The standard InChI is InChI=1S/C6H9ClN2O/c1-6(2,3)4-5(7)9-10-8-4/h1-3H3. The lowest BCUT2D eigenvalue weighted by Crippen LogP contribution is -2.11. The van der Waals surface area contributed by atoms with Gasteiger partial charge in [-0.1, -0.05) is 37.5 Å². The molecule has 4 heteroatoms. The number of rotatable bonds is 0. The van der Waals surface area contributed by atoms with Gasteiger partial charge in [0.05, 0.1) is 0 Å². The highest BCUT2D eigenvalue weighted by Gasteiger charge is 2.22. The molecule has 0 aliphatic heterocycles. The van der Waals surface area contributed by atoms with Gasteiger partial charge in [-0.2, -0.15) is 0 Å². The third kappa shape index (κ3) is 1.29. The van der Waals surface area contributed by atoms with Crippen LogP contribution in [0.1, 0.15) is 26.5 Å². The van der Waals surface area contributed by atoms with Crippen molar-refractivity contribution in [3.05, 3.63) is 10.8 Å². The molecule has 0 fully saturated rings. The van der Waals surface area contributed by atoms with Gasteiger partial charge in [-0.05, 0) is 5.16 Å². The van der Waals surface area contributed by atoms with Crippen LogP contribution in [0.4, 0.5) is 0 Å². The fourth-order valence-corrected chi connectivity index (χ4v) is 0.973. The Morgan fingerprint density at radius 3 is 2.10 bits per heavy atom. The summed E-state index contributed by atoms with van der Waals surface area (Å²) in [7, 11) is 0. The Bertz CT molecular complexity index is 226. The lowest BCUT2D eigenvalue weighted by atomic mass is 9.93. The summed E-state index contributed by atoms with van der Waals surface area (Å²) >= 11 is 5.66. The maximum absolute atomic E-state index is 5.66. The van der Waals surface area contributed by atoms with Crippen LogP contribution in [-0.4, -0.2) is 10.3 Å². The zero-order chi connectivity index (χ0) is 7.78. The van der Waals surface area contributed by atoms with E-state index in [1.54, 1.807) is 0 Å². The first-order valence-corrected chi connectivity index (χ1v) is 3.38. The molecule has 0 N–H and O–H groups in total. The minimum absolute atomic E-state index is 0.0862. The summed E-state index contributed by atoms with van der Waals surface area (Å²) in [5.41, 5.74) is 0.617. The van der Waals surface area contributed by atoms with E-state index in [1.807, 2.05) is 20.8 Å². The first kappa shape index (κ1) is 7.54.